The average molecular weight is 850 g/mol. The van der Waals surface area contributed by atoms with Gasteiger partial charge in [-0.25, -0.2) is 0 Å². The molecule has 1 aromatic heterocycles. The number of nitrogens with two attached hydrogens (primary N) is 1. The van der Waals surface area contributed by atoms with Gasteiger partial charge >= 0.3 is 0 Å². The highest BCUT2D eigenvalue weighted by atomic mass is 35.5. The third-order valence-corrected chi connectivity index (χ3v) is 8.67. The van der Waals surface area contributed by atoms with Crippen LogP contribution < -0.4 is 27.0 Å². The lowest BCUT2D eigenvalue weighted by Crippen LogP contribution is -2.57. The molecule has 0 aliphatic carbocycles. The molecule has 3 rings (SSSR count). The fourth-order valence-electron chi connectivity index (χ4n) is 6.07. The van der Waals surface area contributed by atoms with E-state index in [9.17, 15) is 29.4 Å². The fraction of sp³-hybridized carbons (Fsp3) is 0.513. The highest BCUT2D eigenvalue weighted by Gasteiger charge is 2.32. The number of nitrogens with zero attached hydrogens (tertiary/aromatic N) is 1. The summed E-state index contributed by atoms with van der Waals surface area (Å²) in [6.45, 7) is 8.03. The monoisotopic (exact) mass is 848 g/mol. The van der Waals surface area contributed by atoms with Crippen LogP contribution in [0.15, 0.2) is 66.9 Å². The van der Waals surface area contributed by atoms with Crippen molar-refractivity contribution in [2.75, 3.05) is 13.2 Å². The lowest BCUT2D eigenvalue weighted by atomic mass is 9.95. The molecule has 1 heterocycles. The van der Waals surface area contributed by atoms with Crippen molar-refractivity contribution < 1.29 is 51.3 Å². The Morgan fingerprint density at radius 2 is 1.35 bits per heavy atom. The molecule has 2 aromatic carbocycles. The van der Waals surface area contributed by atoms with Crippen LogP contribution in [0.3, 0.4) is 0 Å². The van der Waals surface area contributed by atoms with Crippen molar-refractivity contribution in [2.24, 2.45) is 17.6 Å². The van der Waals surface area contributed by atoms with E-state index in [1.807, 2.05) is 70.2 Å². The number of aliphatic hydroxyl groups is 2. The zero-order valence-corrected chi connectivity index (χ0v) is 34.8. The summed E-state index contributed by atoms with van der Waals surface area (Å²) in [6, 6.07) is 15.2. The normalized spacial score (nSPS) is 12.9. The Labute approximate surface area is 347 Å². The van der Waals surface area contributed by atoms with E-state index < -0.39 is 53.9 Å². The van der Waals surface area contributed by atoms with Crippen molar-refractivity contribution in [1.29, 1.82) is 0 Å². The number of amides is 4. The maximum atomic E-state index is 14.1. The van der Waals surface area contributed by atoms with Gasteiger partial charge in [0, 0.05) is 12.6 Å². The molecule has 4 amide bonds. The first-order chi connectivity index (χ1) is 24.4. The van der Waals surface area contributed by atoms with Gasteiger partial charge in [0.25, 0.3) is 5.91 Å². The van der Waals surface area contributed by atoms with E-state index in [1.165, 1.54) is 6.20 Å². The van der Waals surface area contributed by atoms with E-state index in [1.54, 1.807) is 18.2 Å². The third-order valence-electron chi connectivity index (χ3n) is 8.67. The molecule has 57 heavy (non-hydrogen) atoms. The molecule has 18 heteroatoms. The smallest absolute Gasteiger partial charge is 0.270 e. The number of carbonyl (C=O) groups excluding carboxylic acids is 4. The van der Waals surface area contributed by atoms with Gasteiger partial charge in [-0.15, -0.1) is 24.8 Å². The summed E-state index contributed by atoms with van der Waals surface area (Å²) >= 11 is 0. The minimum atomic E-state index is -1.22. The number of aromatic nitrogens is 1. The molecule has 0 aliphatic heterocycles. The van der Waals surface area contributed by atoms with Crippen LogP contribution in [0.5, 0.6) is 0 Å². The van der Waals surface area contributed by atoms with Crippen molar-refractivity contribution in [3.8, 4) is 0 Å². The van der Waals surface area contributed by atoms with E-state index in [0.29, 0.717) is 25.8 Å². The first-order valence-electron chi connectivity index (χ1n) is 18.0. The van der Waals surface area contributed by atoms with Gasteiger partial charge in [0.15, 0.2) is 0 Å². The summed E-state index contributed by atoms with van der Waals surface area (Å²) < 4.78 is 0. The number of halogens is 2. The first kappa shape index (κ1) is 59.7. The molecule has 3 aromatic rings. The van der Waals surface area contributed by atoms with E-state index in [0.717, 1.165) is 29.2 Å². The number of pyridine rings is 1. The van der Waals surface area contributed by atoms with Gasteiger partial charge < -0.3 is 59.1 Å². The molecule has 0 fully saturated rings. The number of carbonyl (C=O) groups is 4. The number of rotatable bonds is 21. The summed E-state index contributed by atoms with van der Waals surface area (Å²) in [5.74, 6) is -1.93. The van der Waals surface area contributed by atoms with Crippen molar-refractivity contribution in [1.82, 2.24) is 26.3 Å². The predicted molar refractivity (Wildman–Crippen MR) is 227 cm³/mol. The van der Waals surface area contributed by atoms with Gasteiger partial charge in [-0.1, -0.05) is 82.6 Å². The number of fused-ring (bicyclic) bond motifs is 1. The van der Waals surface area contributed by atoms with Crippen molar-refractivity contribution >= 4 is 59.2 Å². The van der Waals surface area contributed by atoms with Gasteiger partial charge in [-0.2, -0.15) is 0 Å². The van der Waals surface area contributed by atoms with Gasteiger partial charge in [0.2, 0.25) is 17.7 Å². The largest absolute Gasteiger partial charge is 0.412 e. The summed E-state index contributed by atoms with van der Waals surface area (Å²) in [5.41, 5.74) is 6.56. The summed E-state index contributed by atoms with van der Waals surface area (Å²) in [5, 5.41) is 34.2. The number of nitrogens with one attached hydrogen (secondary N) is 4. The second kappa shape index (κ2) is 31.1. The molecule has 0 saturated heterocycles. The quantitative estimate of drug-likeness (QED) is 0.0740. The third kappa shape index (κ3) is 20.3. The molecule has 0 aliphatic rings. The van der Waals surface area contributed by atoms with E-state index in [-0.39, 0.29) is 83.7 Å². The van der Waals surface area contributed by atoms with Crippen LogP contribution in [-0.4, -0.2) is 104 Å². The van der Waals surface area contributed by atoms with Crippen molar-refractivity contribution in [3.63, 3.8) is 0 Å². The van der Waals surface area contributed by atoms with E-state index in [2.05, 4.69) is 26.3 Å². The fourth-order valence-corrected chi connectivity index (χ4v) is 6.07. The summed E-state index contributed by atoms with van der Waals surface area (Å²) in [7, 11) is 0. The zero-order chi connectivity index (χ0) is 37.3. The number of hydrogen-bond acceptors (Lipinski definition) is 8. The first-order valence-corrected chi connectivity index (χ1v) is 18.0. The summed E-state index contributed by atoms with van der Waals surface area (Å²) in [6.07, 6.45) is 2.91. The zero-order valence-electron chi connectivity index (χ0n) is 33.1. The van der Waals surface area contributed by atoms with Crippen LogP contribution in [0.2, 0.25) is 0 Å². The minimum Gasteiger partial charge on any atom is -0.412 e. The molecule has 0 saturated carbocycles. The Morgan fingerprint density at radius 1 is 0.737 bits per heavy atom. The van der Waals surface area contributed by atoms with Gasteiger partial charge in [-0.3, -0.25) is 24.2 Å². The minimum absolute atomic E-state index is 0. The Morgan fingerprint density at radius 3 is 1.95 bits per heavy atom. The SMILES string of the molecule is CC(C)C[C@H](NC(=O)[C@H](Cc1cccc2ccccc12)NC(=O)c1ccccn1)C(=O)N[C@@H](CC(C)C)[C@@H](O)CC(=O)N[C@H](CO)CCCCN.Cl.Cl.O.O.O.O. The number of hydrogen-bond donors (Lipinski definition) is 7. The second-order valence-corrected chi connectivity index (χ2v) is 14.0. The van der Waals surface area contributed by atoms with Crippen LogP contribution >= 0.6 is 24.8 Å². The molecular formula is C39H66Cl2N6O10. The molecule has 16 nitrogen and oxygen atoms in total. The number of benzene rings is 2. The highest BCUT2D eigenvalue weighted by Crippen LogP contribution is 2.21. The van der Waals surface area contributed by atoms with Crippen LogP contribution in [0.4, 0.5) is 0 Å². The molecule has 0 radical (unpaired) electrons. The predicted octanol–water partition coefficient (Wildman–Crippen LogP) is 0.540. The Kier molecular flexibility index (Phi) is 32.6. The van der Waals surface area contributed by atoms with Gasteiger partial charge in [0.1, 0.15) is 17.8 Å². The van der Waals surface area contributed by atoms with Crippen molar-refractivity contribution in [2.45, 2.75) is 103 Å². The second-order valence-electron chi connectivity index (χ2n) is 14.0. The molecular weight excluding hydrogens is 783 g/mol. The van der Waals surface area contributed by atoms with Crippen molar-refractivity contribution in [3.05, 3.63) is 78.1 Å². The standard InChI is InChI=1S/C39H56N6O6.2ClH.4H2O/c1-25(2)20-32(35(47)23-36(48)42-29(24-46)15-7-9-18-40)43-38(50)33(21-26(3)4)44-39(51)34(45-37(49)31-17-8-10-19-41-31)22-28-14-11-13-27-12-5-6-16-30(27)28;;;;;;/h5-6,8,10-14,16-17,19,25-26,29,32-35,46-47H,7,9,15,18,20-24,40H2,1-4H3,(H,42,48)(H,43,50)(H,44,51)(H,45,49);2*1H;4*1H2/t29-,32-,33-,34-,35-;;;;;;/m0....../s1. The Balaban J connectivity index is -0.00000234. The van der Waals surface area contributed by atoms with Gasteiger partial charge in [-0.05, 0) is 72.5 Å². The maximum Gasteiger partial charge on any atom is 0.270 e. The van der Waals surface area contributed by atoms with Crippen LogP contribution in [0, 0.1) is 11.8 Å². The van der Waals surface area contributed by atoms with Crippen LogP contribution in [0.25, 0.3) is 10.8 Å². The number of unbranched alkanes of at least 4 members (excludes halogenated alkanes) is 1. The molecule has 16 N–H and O–H groups in total. The highest BCUT2D eigenvalue weighted by molar-refractivity contribution is 5.98. The van der Waals surface area contributed by atoms with Crippen LogP contribution in [0.1, 0.15) is 82.3 Å². The summed E-state index contributed by atoms with van der Waals surface area (Å²) in [4.78, 5) is 58.2. The molecule has 5 atom stereocenters. The lowest BCUT2D eigenvalue weighted by molar-refractivity contribution is -0.131. The molecule has 326 valence electrons. The van der Waals surface area contributed by atoms with Gasteiger partial charge in [0.05, 0.1) is 31.2 Å². The Bertz CT molecular complexity index is 1570. The maximum absolute atomic E-state index is 14.1. The van der Waals surface area contributed by atoms with E-state index >= 15 is 0 Å². The number of aliphatic hydroxyl groups excluding tert-OH is 2. The topological polar surface area (TPSA) is 322 Å². The van der Waals surface area contributed by atoms with E-state index in [4.69, 9.17) is 5.73 Å². The molecule has 0 spiro atoms. The lowest BCUT2D eigenvalue weighted by Gasteiger charge is -2.29. The molecule has 0 bridgehead atoms. The van der Waals surface area contributed by atoms with Crippen LogP contribution in [-0.2, 0) is 20.8 Å². The Hall–Kier alpha value is -3.97. The molecule has 0 unspecified atom stereocenters. The average Bonchev–Trinajstić information content (AvgIpc) is 3.10.